The van der Waals surface area contributed by atoms with E-state index in [0.717, 1.165) is 6.07 Å². The fourth-order valence-corrected chi connectivity index (χ4v) is 2.93. The van der Waals surface area contributed by atoms with Crippen LogP contribution in [0.3, 0.4) is 0 Å². The molecule has 0 aliphatic carbocycles. The molecule has 3 N–H and O–H groups in total. The molecule has 1 aromatic carbocycles. The summed E-state index contributed by atoms with van der Waals surface area (Å²) in [4.78, 5) is 11.2. The molecule has 0 atom stereocenters. The fraction of sp³-hybridized carbons (Fsp3) is 0.250. The smallest absolute Gasteiger partial charge is 0.326 e. The third-order valence-electron chi connectivity index (χ3n) is 2.65. The van der Waals surface area contributed by atoms with Gasteiger partial charge in [-0.3, -0.25) is 4.79 Å². The molecule has 0 spiro atoms. The highest BCUT2D eigenvalue weighted by Gasteiger charge is 2.37. The molecule has 1 saturated heterocycles. The molecule has 1 heterocycles. The maximum Gasteiger partial charge on any atom is 0.326 e. The standard InChI is InChI=1S/C12H12FN3O4S/c1-14-6-2-3-8-4-5-9(17)12(11(8)13)16-7-10(18)15-21(16,19)20/h4-5,14,17H,6-7H2,1H3,(H,15,18). The molecule has 1 amide bonds. The molecule has 2 rings (SSSR count). The first-order chi connectivity index (χ1) is 9.86. The van der Waals surface area contributed by atoms with E-state index in [1.54, 1.807) is 11.8 Å². The van der Waals surface area contributed by atoms with E-state index in [1.807, 2.05) is 0 Å². The minimum atomic E-state index is -4.20. The van der Waals surface area contributed by atoms with Gasteiger partial charge in [-0.05, 0) is 19.2 Å². The van der Waals surface area contributed by atoms with Gasteiger partial charge < -0.3 is 10.4 Å². The van der Waals surface area contributed by atoms with Crippen molar-refractivity contribution >= 4 is 21.8 Å². The van der Waals surface area contributed by atoms with Gasteiger partial charge in [-0.2, -0.15) is 8.42 Å². The second-order valence-electron chi connectivity index (χ2n) is 4.16. The lowest BCUT2D eigenvalue weighted by Crippen LogP contribution is -2.30. The lowest BCUT2D eigenvalue weighted by atomic mass is 10.1. The summed E-state index contributed by atoms with van der Waals surface area (Å²) in [6, 6.07) is 2.36. The van der Waals surface area contributed by atoms with Crippen LogP contribution >= 0.6 is 0 Å². The molecular formula is C12H12FN3O4S. The highest BCUT2D eigenvalue weighted by atomic mass is 32.2. The normalized spacial score (nSPS) is 16.3. The summed E-state index contributed by atoms with van der Waals surface area (Å²) >= 11 is 0. The Hall–Kier alpha value is -2.31. The molecule has 0 aromatic heterocycles. The van der Waals surface area contributed by atoms with Crippen LogP contribution in [0.5, 0.6) is 5.75 Å². The Balaban J connectivity index is 2.52. The summed E-state index contributed by atoms with van der Waals surface area (Å²) in [5.41, 5.74) is -0.669. The van der Waals surface area contributed by atoms with E-state index in [2.05, 4.69) is 17.2 Å². The quantitative estimate of drug-likeness (QED) is 0.626. The molecule has 0 unspecified atom stereocenters. The SMILES string of the molecule is CNCC#Cc1ccc(O)c(N2CC(=O)NS2(=O)=O)c1F. The van der Waals surface area contributed by atoms with Gasteiger partial charge in [-0.15, -0.1) is 0 Å². The first kappa shape index (κ1) is 15.1. The molecule has 7 nitrogen and oxygen atoms in total. The number of amides is 1. The molecule has 21 heavy (non-hydrogen) atoms. The van der Waals surface area contributed by atoms with Gasteiger partial charge in [0.15, 0.2) is 5.82 Å². The van der Waals surface area contributed by atoms with Crippen LogP contribution in [-0.4, -0.2) is 39.6 Å². The Morgan fingerprint density at radius 3 is 2.81 bits per heavy atom. The first-order valence-electron chi connectivity index (χ1n) is 5.85. The molecule has 0 radical (unpaired) electrons. The Labute approximate surface area is 120 Å². The topological polar surface area (TPSA) is 98.7 Å². The van der Waals surface area contributed by atoms with Crippen LogP contribution in [0.15, 0.2) is 12.1 Å². The number of halogens is 1. The molecule has 0 saturated carbocycles. The summed E-state index contributed by atoms with van der Waals surface area (Å²) in [6.07, 6.45) is 0. The zero-order valence-corrected chi connectivity index (χ0v) is 11.8. The van der Waals surface area contributed by atoms with Crippen molar-refractivity contribution in [2.45, 2.75) is 0 Å². The number of carbonyl (C=O) groups excluding carboxylic acids is 1. The van der Waals surface area contributed by atoms with Crippen LogP contribution in [0.1, 0.15) is 5.56 Å². The van der Waals surface area contributed by atoms with Gasteiger partial charge >= 0.3 is 10.2 Å². The Morgan fingerprint density at radius 1 is 1.52 bits per heavy atom. The zero-order valence-electron chi connectivity index (χ0n) is 11.0. The van der Waals surface area contributed by atoms with Crippen molar-refractivity contribution in [3.05, 3.63) is 23.5 Å². The predicted molar refractivity (Wildman–Crippen MR) is 73.3 cm³/mol. The Kier molecular flexibility index (Phi) is 4.02. The van der Waals surface area contributed by atoms with Crippen molar-refractivity contribution < 1.29 is 22.7 Å². The molecule has 9 heteroatoms. The zero-order chi connectivity index (χ0) is 15.6. The number of nitrogens with one attached hydrogen (secondary N) is 2. The van der Waals surface area contributed by atoms with E-state index < -0.39 is 39.9 Å². The van der Waals surface area contributed by atoms with Gasteiger partial charge in [0.2, 0.25) is 0 Å². The van der Waals surface area contributed by atoms with Crippen molar-refractivity contribution in [3.63, 3.8) is 0 Å². The van der Waals surface area contributed by atoms with Gasteiger partial charge in [-0.1, -0.05) is 11.8 Å². The number of benzene rings is 1. The lowest BCUT2D eigenvalue weighted by molar-refractivity contribution is -0.117. The van der Waals surface area contributed by atoms with Gasteiger partial charge in [0.25, 0.3) is 5.91 Å². The maximum atomic E-state index is 14.4. The van der Waals surface area contributed by atoms with Crippen LogP contribution in [0.25, 0.3) is 0 Å². The number of rotatable bonds is 2. The predicted octanol–water partition coefficient (Wildman–Crippen LogP) is -0.717. The average molecular weight is 313 g/mol. The van der Waals surface area contributed by atoms with Gasteiger partial charge in [0, 0.05) is 0 Å². The number of phenols is 1. The highest BCUT2D eigenvalue weighted by molar-refractivity contribution is 7.92. The molecule has 1 aromatic rings. The maximum absolute atomic E-state index is 14.4. The molecule has 0 bridgehead atoms. The number of carbonyl (C=O) groups is 1. The Bertz CT molecular complexity index is 752. The molecular weight excluding hydrogens is 301 g/mol. The summed E-state index contributed by atoms with van der Waals surface area (Å²) in [5.74, 6) is 2.75. The first-order valence-corrected chi connectivity index (χ1v) is 7.29. The van der Waals surface area contributed by atoms with Crippen LogP contribution < -0.4 is 14.3 Å². The minimum Gasteiger partial charge on any atom is -0.506 e. The second kappa shape index (κ2) is 5.59. The van der Waals surface area contributed by atoms with E-state index in [4.69, 9.17) is 0 Å². The van der Waals surface area contributed by atoms with Crippen LogP contribution in [-0.2, 0) is 15.0 Å². The number of aromatic hydroxyl groups is 1. The van der Waals surface area contributed by atoms with E-state index in [9.17, 15) is 22.7 Å². The summed E-state index contributed by atoms with van der Waals surface area (Å²) in [6.45, 7) is -0.280. The lowest BCUT2D eigenvalue weighted by Gasteiger charge is -2.17. The van der Waals surface area contributed by atoms with Gasteiger partial charge in [0.05, 0.1) is 12.1 Å². The van der Waals surface area contributed by atoms with Gasteiger partial charge in [-0.25, -0.2) is 13.4 Å². The third-order valence-corrected chi connectivity index (χ3v) is 4.03. The number of hydrogen-bond donors (Lipinski definition) is 3. The summed E-state index contributed by atoms with van der Waals surface area (Å²) in [7, 11) is -2.53. The number of nitrogens with zero attached hydrogens (tertiary/aromatic N) is 1. The van der Waals surface area contributed by atoms with E-state index in [1.165, 1.54) is 6.07 Å². The average Bonchev–Trinajstić information content (AvgIpc) is 2.66. The third kappa shape index (κ3) is 2.91. The van der Waals surface area contributed by atoms with Crippen LogP contribution in [0.4, 0.5) is 10.1 Å². The number of anilines is 1. The molecule has 1 aliphatic heterocycles. The van der Waals surface area contributed by atoms with Crippen LogP contribution in [0.2, 0.25) is 0 Å². The monoisotopic (exact) mass is 313 g/mol. The largest absolute Gasteiger partial charge is 0.506 e. The van der Waals surface area contributed by atoms with Gasteiger partial charge in [0.1, 0.15) is 18.0 Å². The molecule has 1 aliphatic rings. The fourth-order valence-electron chi connectivity index (χ4n) is 1.76. The highest BCUT2D eigenvalue weighted by Crippen LogP contribution is 2.34. The van der Waals surface area contributed by atoms with E-state index in [-0.39, 0.29) is 5.56 Å². The number of hydrogen-bond acceptors (Lipinski definition) is 5. The molecule has 1 fully saturated rings. The van der Waals surface area contributed by atoms with E-state index >= 15 is 0 Å². The van der Waals surface area contributed by atoms with Crippen molar-refractivity contribution in [1.82, 2.24) is 10.0 Å². The van der Waals surface area contributed by atoms with Crippen LogP contribution in [0, 0.1) is 17.7 Å². The van der Waals surface area contributed by atoms with Crippen molar-refractivity contribution in [2.24, 2.45) is 0 Å². The second-order valence-corrected chi connectivity index (χ2v) is 5.76. The van der Waals surface area contributed by atoms with Crippen molar-refractivity contribution in [3.8, 4) is 17.6 Å². The Morgan fingerprint density at radius 2 is 2.24 bits per heavy atom. The summed E-state index contributed by atoms with van der Waals surface area (Å²) in [5, 5.41) is 12.5. The number of phenolic OH excluding ortho intramolecular Hbond substituents is 1. The summed E-state index contributed by atoms with van der Waals surface area (Å²) < 4.78 is 40.0. The van der Waals surface area contributed by atoms with Crippen molar-refractivity contribution in [2.75, 3.05) is 24.4 Å². The van der Waals surface area contributed by atoms with E-state index in [0.29, 0.717) is 10.8 Å². The van der Waals surface area contributed by atoms with Crippen molar-refractivity contribution in [1.29, 1.82) is 0 Å². The molecule has 112 valence electrons. The minimum absolute atomic E-state index is 0.0763.